The number of benzene rings is 2. The average Bonchev–Trinajstić information content (AvgIpc) is 2.56. The van der Waals surface area contributed by atoms with Crippen LogP contribution >= 0.6 is 17.0 Å². The van der Waals surface area contributed by atoms with Crippen LogP contribution in [0.5, 0.6) is 11.5 Å². The molecule has 29 heavy (non-hydrogen) atoms. The summed E-state index contributed by atoms with van der Waals surface area (Å²) in [6.07, 6.45) is 1.41. The molecule has 0 unspecified atom stereocenters. The number of phenolic OH excluding ortho intramolecular Hbond substituents is 2. The van der Waals surface area contributed by atoms with E-state index in [1.165, 1.54) is 0 Å². The fourth-order valence-electron chi connectivity index (χ4n) is 3.50. The summed E-state index contributed by atoms with van der Waals surface area (Å²) in [4.78, 5) is 0. The van der Waals surface area contributed by atoms with Crippen LogP contribution < -0.4 is 0 Å². The summed E-state index contributed by atoms with van der Waals surface area (Å²) >= 11 is -0.826. The molecule has 2 aromatic rings. The van der Waals surface area contributed by atoms with Crippen molar-refractivity contribution < 1.29 is 31.1 Å². The van der Waals surface area contributed by atoms with Crippen LogP contribution in [0.25, 0.3) is 0 Å². The van der Waals surface area contributed by atoms with Gasteiger partial charge >= 0.3 is 37.9 Å². The van der Waals surface area contributed by atoms with Gasteiger partial charge in [0.15, 0.2) is 0 Å². The van der Waals surface area contributed by atoms with Gasteiger partial charge in [0.1, 0.15) is 11.5 Å². The molecule has 0 saturated carbocycles. The first kappa shape index (κ1) is 26.5. The third-order valence-electron chi connectivity index (χ3n) is 4.95. The second-order valence-electron chi connectivity index (χ2n) is 9.71. The van der Waals surface area contributed by atoms with Gasteiger partial charge in [-0.3, -0.25) is 0 Å². The van der Waals surface area contributed by atoms with E-state index in [4.69, 9.17) is 17.0 Å². The van der Waals surface area contributed by atoms with Crippen molar-refractivity contribution in [1.82, 2.24) is 0 Å². The third kappa shape index (κ3) is 7.60. The Bertz CT molecular complexity index is 765. The molecule has 160 valence electrons. The van der Waals surface area contributed by atoms with Crippen molar-refractivity contribution in [3.63, 3.8) is 0 Å². The molecule has 0 spiro atoms. The predicted octanol–water partition coefficient (Wildman–Crippen LogP) is 7.47. The molecule has 0 amide bonds. The Morgan fingerprint density at radius 3 is 1.21 bits per heavy atom. The van der Waals surface area contributed by atoms with Crippen LogP contribution in [0, 0.1) is 13.8 Å². The second kappa shape index (κ2) is 10.7. The first-order valence-corrected chi connectivity index (χ1v) is 16.2. The van der Waals surface area contributed by atoms with Gasteiger partial charge in [-0.2, -0.15) is 0 Å². The molecule has 0 heterocycles. The van der Waals surface area contributed by atoms with Crippen LogP contribution in [0.4, 0.5) is 0 Å². The van der Waals surface area contributed by atoms with Gasteiger partial charge in [-0.1, -0.05) is 76.9 Å². The fraction of sp³-hybridized carbons (Fsp3) is 0.500. The summed E-state index contributed by atoms with van der Waals surface area (Å²) in [5.74, 6) is 0.789. The van der Waals surface area contributed by atoms with Crippen molar-refractivity contribution in [2.45, 2.75) is 79.1 Å². The maximum atomic E-state index is 10.8. The normalized spacial score (nSPS) is 11.7. The van der Waals surface area contributed by atoms with Gasteiger partial charge in [0.25, 0.3) is 0 Å². The molecule has 0 aromatic heterocycles. The van der Waals surface area contributed by atoms with Gasteiger partial charge < -0.3 is 10.2 Å². The molecule has 2 aromatic carbocycles. The minimum absolute atomic E-state index is 0.101. The van der Waals surface area contributed by atoms with E-state index < -0.39 is 20.8 Å². The van der Waals surface area contributed by atoms with Gasteiger partial charge in [-0.15, -0.1) is 0 Å². The number of halogens is 2. The molecule has 0 bridgehead atoms. The average molecular weight is 517 g/mol. The Hall–Kier alpha value is -0.497. The van der Waals surface area contributed by atoms with Crippen LogP contribution in [-0.4, -0.2) is 10.2 Å². The van der Waals surface area contributed by atoms with Crippen molar-refractivity contribution in [2.24, 2.45) is 0 Å². The zero-order valence-electron chi connectivity index (χ0n) is 18.9. The van der Waals surface area contributed by atoms with E-state index in [9.17, 15) is 10.2 Å². The van der Waals surface area contributed by atoms with E-state index in [0.717, 1.165) is 33.4 Å². The fourth-order valence-corrected chi connectivity index (χ4v) is 3.50. The van der Waals surface area contributed by atoms with Crippen molar-refractivity contribution in [1.29, 1.82) is 0 Å². The zero-order valence-corrected chi connectivity index (χ0v) is 22.8. The molecule has 0 aliphatic carbocycles. The number of aromatic hydroxyl groups is 2. The number of rotatable bonds is 3. The van der Waals surface area contributed by atoms with E-state index in [1.54, 1.807) is 0 Å². The number of hydrogen-bond acceptors (Lipinski definition) is 2. The molecule has 2 N–H and O–H groups in total. The van der Waals surface area contributed by atoms with Gasteiger partial charge in [-0.25, -0.2) is 0 Å². The Morgan fingerprint density at radius 2 is 0.966 bits per heavy atom. The van der Waals surface area contributed by atoms with Crippen LogP contribution in [0.15, 0.2) is 24.3 Å². The number of phenols is 2. The molecule has 5 heteroatoms. The van der Waals surface area contributed by atoms with Gasteiger partial charge in [0.05, 0.1) is 0 Å². The van der Waals surface area contributed by atoms with Gasteiger partial charge in [0, 0.05) is 0 Å². The first-order chi connectivity index (χ1) is 13.2. The molecule has 0 aliphatic heterocycles. The van der Waals surface area contributed by atoms with Crippen molar-refractivity contribution >= 4 is 17.0 Å². The molecule has 0 saturated heterocycles. The molecule has 0 aliphatic rings. The molecule has 2 nitrogen and oxygen atoms in total. The summed E-state index contributed by atoms with van der Waals surface area (Å²) in [6.45, 7) is 16.8. The maximum absolute atomic E-state index is 10.8. The van der Waals surface area contributed by atoms with E-state index in [1.807, 2.05) is 0 Å². The minimum atomic E-state index is -0.826. The number of hydrogen-bond donors (Lipinski definition) is 2. The third-order valence-corrected chi connectivity index (χ3v) is 4.95. The quantitative estimate of drug-likeness (QED) is 0.444. The Balaban J connectivity index is 0.00000132. The predicted molar refractivity (Wildman–Crippen MR) is 122 cm³/mol. The van der Waals surface area contributed by atoms with Gasteiger partial charge in [0.2, 0.25) is 0 Å². The summed E-state index contributed by atoms with van der Waals surface area (Å²) in [5, 5.41) is 21.5. The van der Waals surface area contributed by atoms with Crippen LogP contribution in [0.3, 0.4) is 0 Å². The Kier molecular flexibility index (Phi) is 9.79. The number of aryl methyl sites for hydroxylation is 4. The Labute approximate surface area is 195 Å². The SMILES string of the molecule is Cc1cc(CCc2cc(C)cc(C(C)(C)C)c2O)c(O)c(C(C)(C)C)c1.[Cl][Zr][Cl]. The summed E-state index contributed by atoms with van der Waals surface area (Å²) in [7, 11) is 9.87. The van der Waals surface area contributed by atoms with Crippen LogP contribution in [0.2, 0.25) is 0 Å². The monoisotopic (exact) mass is 514 g/mol. The topological polar surface area (TPSA) is 40.5 Å². The molecule has 0 fully saturated rings. The first-order valence-electron chi connectivity index (χ1n) is 9.84. The van der Waals surface area contributed by atoms with Crippen molar-refractivity contribution in [3.05, 3.63) is 57.6 Å². The van der Waals surface area contributed by atoms with Gasteiger partial charge in [-0.05, 0) is 59.8 Å². The second-order valence-corrected chi connectivity index (χ2v) is 13.4. The molecule has 0 atom stereocenters. The summed E-state index contributed by atoms with van der Waals surface area (Å²) < 4.78 is 0. The van der Waals surface area contributed by atoms with E-state index in [-0.39, 0.29) is 10.8 Å². The van der Waals surface area contributed by atoms with Crippen molar-refractivity contribution in [2.75, 3.05) is 0 Å². The van der Waals surface area contributed by atoms with E-state index >= 15 is 0 Å². The zero-order chi connectivity index (χ0) is 22.6. The molecular weight excluding hydrogens is 482 g/mol. The van der Waals surface area contributed by atoms with E-state index in [0.29, 0.717) is 24.3 Å². The summed E-state index contributed by atoms with van der Waals surface area (Å²) in [5.41, 5.74) is 5.98. The van der Waals surface area contributed by atoms with Crippen molar-refractivity contribution in [3.8, 4) is 11.5 Å². The standard InChI is InChI=1S/C24H34O2.2ClH.Zr/c1-15-11-17(21(25)19(13-15)23(3,4)5)9-10-18-12-16(2)14-20(22(18)26)24(6,7)8;;;/h11-14,25-26H,9-10H2,1-8H3;2*1H;/q;;;+2/p-2. The molecule has 2 rings (SSSR count). The molecule has 0 radical (unpaired) electrons. The Morgan fingerprint density at radius 1 is 0.690 bits per heavy atom. The van der Waals surface area contributed by atoms with Crippen LogP contribution in [0.1, 0.15) is 74.9 Å². The van der Waals surface area contributed by atoms with Crippen LogP contribution in [-0.2, 0) is 44.5 Å². The summed E-state index contributed by atoms with van der Waals surface area (Å²) in [6, 6.07) is 8.26. The molecular formula is C24H34Cl2O2Zr. The van der Waals surface area contributed by atoms with E-state index in [2.05, 4.69) is 79.7 Å².